The summed E-state index contributed by atoms with van der Waals surface area (Å²) < 4.78 is 1.00. The minimum absolute atomic E-state index is 0.141. The third-order valence-electron chi connectivity index (χ3n) is 3.20. The van der Waals surface area contributed by atoms with Crippen LogP contribution in [0.15, 0.2) is 59.2 Å². The average molecular weight is 328 g/mol. The zero-order valence-corrected chi connectivity index (χ0v) is 12.4. The Balaban J connectivity index is 1.88. The zero-order valence-electron chi connectivity index (χ0n) is 10.8. The number of nitrogens with zero attached hydrogens (tertiary/aromatic N) is 2. The highest BCUT2D eigenvalue weighted by Gasteiger charge is 2.10. The summed E-state index contributed by atoms with van der Waals surface area (Å²) in [6.45, 7) is 0. The van der Waals surface area contributed by atoms with Crippen molar-refractivity contribution in [3.8, 4) is 0 Å². The van der Waals surface area contributed by atoms with Crippen molar-refractivity contribution in [2.45, 2.75) is 12.5 Å². The molecule has 0 saturated carbocycles. The lowest BCUT2D eigenvalue weighted by Gasteiger charge is -2.11. The van der Waals surface area contributed by atoms with Crippen molar-refractivity contribution in [1.29, 1.82) is 0 Å². The molecule has 0 aliphatic heterocycles. The van der Waals surface area contributed by atoms with Crippen LogP contribution in [-0.4, -0.2) is 9.97 Å². The SMILES string of the molecule is NC(Cc1ccccc1)c1cnc2cc(Br)ccc2n1. The van der Waals surface area contributed by atoms with Gasteiger partial charge in [-0.05, 0) is 30.2 Å². The van der Waals surface area contributed by atoms with Crippen molar-refractivity contribution in [2.75, 3.05) is 0 Å². The summed E-state index contributed by atoms with van der Waals surface area (Å²) in [7, 11) is 0. The fourth-order valence-electron chi connectivity index (χ4n) is 2.15. The van der Waals surface area contributed by atoms with Crippen LogP contribution in [0.2, 0.25) is 0 Å². The van der Waals surface area contributed by atoms with E-state index in [1.807, 2.05) is 36.4 Å². The van der Waals surface area contributed by atoms with E-state index in [1.165, 1.54) is 5.56 Å². The fourth-order valence-corrected chi connectivity index (χ4v) is 2.50. The van der Waals surface area contributed by atoms with E-state index in [9.17, 15) is 0 Å². The predicted molar refractivity (Wildman–Crippen MR) is 84.3 cm³/mol. The summed E-state index contributed by atoms with van der Waals surface area (Å²) in [5, 5.41) is 0. The highest BCUT2D eigenvalue weighted by molar-refractivity contribution is 9.10. The Bertz CT molecular complexity index is 728. The highest BCUT2D eigenvalue weighted by atomic mass is 79.9. The van der Waals surface area contributed by atoms with E-state index in [4.69, 9.17) is 5.73 Å². The van der Waals surface area contributed by atoms with Crippen LogP contribution < -0.4 is 5.73 Å². The second-order valence-electron chi connectivity index (χ2n) is 4.72. The molecule has 2 N–H and O–H groups in total. The van der Waals surface area contributed by atoms with Crippen LogP contribution in [-0.2, 0) is 6.42 Å². The molecule has 0 aliphatic carbocycles. The fraction of sp³-hybridized carbons (Fsp3) is 0.125. The molecule has 1 heterocycles. The van der Waals surface area contributed by atoms with Crippen molar-refractivity contribution < 1.29 is 0 Å². The van der Waals surface area contributed by atoms with Gasteiger partial charge in [0.2, 0.25) is 0 Å². The molecule has 4 heteroatoms. The molecule has 2 aromatic carbocycles. The first-order chi connectivity index (χ1) is 9.72. The Labute approximate surface area is 126 Å². The first-order valence-corrected chi connectivity index (χ1v) is 7.23. The van der Waals surface area contributed by atoms with E-state index in [1.54, 1.807) is 6.20 Å². The summed E-state index contributed by atoms with van der Waals surface area (Å²) in [6.07, 6.45) is 2.53. The summed E-state index contributed by atoms with van der Waals surface area (Å²) >= 11 is 3.43. The van der Waals surface area contributed by atoms with Gasteiger partial charge in [-0.3, -0.25) is 4.98 Å². The van der Waals surface area contributed by atoms with Crippen LogP contribution in [0.4, 0.5) is 0 Å². The molecule has 3 aromatic rings. The molecule has 3 nitrogen and oxygen atoms in total. The summed E-state index contributed by atoms with van der Waals surface area (Å²) in [5.74, 6) is 0. The van der Waals surface area contributed by atoms with E-state index >= 15 is 0 Å². The topological polar surface area (TPSA) is 51.8 Å². The van der Waals surface area contributed by atoms with Crippen molar-refractivity contribution in [3.63, 3.8) is 0 Å². The van der Waals surface area contributed by atoms with Crippen molar-refractivity contribution in [1.82, 2.24) is 9.97 Å². The highest BCUT2D eigenvalue weighted by Crippen LogP contribution is 2.19. The Kier molecular flexibility index (Phi) is 3.76. The summed E-state index contributed by atoms with van der Waals surface area (Å²) in [4.78, 5) is 9.04. The van der Waals surface area contributed by atoms with Gasteiger partial charge in [0.1, 0.15) is 0 Å². The van der Waals surface area contributed by atoms with Crippen molar-refractivity contribution in [2.24, 2.45) is 5.73 Å². The molecule has 1 unspecified atom stereocenters. The summed E-state index contributed by atoms with van der Waals surface area (Å²) in [5.41, 5.74) is 10.0. The first-order valence-electron chi connectivity index (χ1n) is 6.44. The number of aromatic nitrogens is 2. The van der Waals surface area contributed by atoms with E-state index in [0.717, 1.165) is 27.6 Å². The maximum atomic E-state index is 6.24. The van der Waals surface area contributed by atoms with E-state index < -0.39 is 0 Å². The number of rotatable bonds is 3. The van der Waals surface area contributed by atoms with Crippen LogP contribution in [0.5, 0.6) is 0 Å². The van der Waals surface area contributed by atoms with Gasteiger partial charge < -0.3 is 5.73 Å². The number of halogens is 1. The second kappa shape index (κ2) is 5.69. The molecule has 0 aliphatic rings. The predicted octanol–water partition coefficient (Wildman–Crippen LogP) is 3.63. The van der Waals surface area contributed by atoms with Gasteiger partial charge in [0.05, 0.1) is 29.0 Å². The number of fused-ring (bicyclic) bond motifs is 1. The molecule has 0 spiro atoms. The van der Waals surface area contributed by atoms with Crippen LogP contribution in [0.3, 0.4) is 0 Å². The smallest absolute Gasteiger partial charge is 0.0898 e. The molecular formula is C16H14BrN3. The third kappa shape index (κ3) is 2.86. The first kappa shape index (κ1) is 13.2. The van der Waals surface area contributed by atoms with Gasteiger partial charge in [-0.15, -0.1) is 0 Å². The molecule has 0 radical (unpaired) electrons. The molecule has 0 amide bonds. The largest absolute Gasteiger partial charge is 0.322 e. The molecule has 3 rings (SSSR count). The molecular weight excluding hydrogens is 314 g/mol. The van der Waals surface area contributed by atoms with E-state index in [-0.39, 0.29) is 6.04 Å². The standard InChI is InChI=1S/C16H14BrN3/c17-12-6-7-14-15(9-12)19-10-16(20-14)13(18)8-11-4-2-1-3-5-11/h1-7,9-10,13H,8,18H2. The zero-order chi connectivity index (χ0) is 13.9. The molecule has 20 heavy (non-hydrogen) atoms. The number of hydrogen-bond donors (Lipinski definition) is 1. The van der Waals surface area contributed by atoms with Crippen LogP contribution in [0.25, 0.3) is 11.0 Å². The lowest BCUT2D eigenvalue weighted by atomic mass is 10.0. The van der Waals surface area contributed by atoms with Gasteiger partial charge in [0.15, 0.2) is 0 Å². The Hall–Kier alpha value is -1.78. The molecule has 1 aromatic heterocycles. The minimum Gasteiger partial charge on any atom is -0.322 e. The van der Waals surface area contributed by atoms with Gasteiger partial charge >= 0.3 is 0 Å². The maximum Gasteiger partial charge on any atom is 0.0898 e. The molecule has 0 saturated heterocycles. The molecule has 1 atom stereocenters. The van der Waals surface area contributed by atoms with Crippen LogP contribution in [0.1, 0.15) is 17.3 Å². The Morgan fingerprint density at radius 1 is 1.05 bits per heavy atom. The summed E-state index contributed by atoms with van der Waals surface area (Å²) in [6, 6.07) is 15.9. The quantitative estimate of drug-likeness (QED) is 0.799. The second-order valence-corrected chi connectivity index (χ2v) is 5.64. The average Bonchev–Trinajstić information content (AvgIpc) is 2.47. The monoisotopic (exact) mass is 327 g/mol. The van der Waals surface area contributed by atoms with Crippen LogP contribution in [0, 0.1) is 0 Å². The number of hydrogen-bond acceptors (Lipinski definition) is 3. The van der Waals surface area contributed by atoms with E-state index in [2.05, 4.69) is 38.0 Å². The molecule has 0 bridgehead atoms. The Morgan fingerprint density at radius 3 is 2.65 bits per heavy atom. The van der Waals surface area contributed by atoms with Gasteiger partial charge in [-0.2, -0.15) is 0 Å². The third-order valence-corrected chi connectivity index (χ3v) is 3.69. The lowest BCUT2D eigenvalue weighted by Crippen LogP contribution is -2.15. The maximum absolute atomic E-state index is 6.24. The number of benzene rings is 2. The van der Waals surface area contributed by atoms with Crippen LogP contribution >= 0.6 is 15.9 Å². The van der Waals surface area contributed by atoms with Crippen molar-refractivity contribution >= 4 is 27.0 Å². The van der Waals surface area contributed by atoms with Gasteiger partial charge in [0, 0.05) is 4.47 Å². The molecule has 100 valence electrons. The minimum atomic E-state index is -0.141. The van der Waals surface area contributed by atoms with Gasteiger partial charge in [-0.1, -0.05) is 46.3 Å². The normalized spacial score (nSPS) is 12.5. The lowest BCUT2D eigenvalue weighted by molar-refractivity contribution is 0.696. The van der Waals surface area contributed by atoms with Gasteiger partial charge in [0.25, 0.3) is 0 Å². The van der Waals surface area contributed by atoms with E-state index in [0.29, 0.717) is 0 Å². The number of nitrogens with two attached hydrogens (primary N) is 1. The van der Waals surface area contributed by atoms with Gasteiger partial charge in [-0.25, -0.2) is 4.98 Å². The molecule has 0 fully saturated rings. The Morgan fingerprint density at radius 2 is 1.85 bits per heavy atom. The van der Waals surface area contributed by atoms with Crippen molar-refractivity contribution in [3.05, 3.63) is 70.5 Å².